The number of hydrogen-bond donors (Lipinski definition) is 3. The van der Waals surface area contributed by atoms with E-state index in [9.17, 15) is 14.7 Å². The van der Waals surface area contributed by atoms with Crippen LogP contribution in [-0.2, 0) is 0 Å². The van der Waals surface area contributed by atoms with Crippen LogP contribution in [0.1, 0.15) is 72.6 Å². The van der Waals surface area contributed by atoms with Crippen molar-refractivity contribution < 1.29 is 14.7 Å². The summed E-state index contributed by atoms with van der Waals surface area (Å²) in [4.78, 5) is 25.8. The van der Waals surface area contributed by atoms with Crippen molar-refractivity contribution in [2.24, 2.45) is 0 Å². The topological polar surface area (TPSA) is 78.4 Å². The van der Waals surface area contributed by atoms with Crippen LogP contribution in [0.15, 0.2) is 72.8 Å². The molecular formula is C31H34N2O3. The zero-order valence-corrected chi connectivity index (χ0v) is 20.8. The predicted molar refractivity (Wildman–Crippen MR) is 148 cm³/mol. The molecule has 0 heterocycles. The van der Waals surface area contributed by atoms with Crippen molar-refractivity contribution in [3.05, 3.63) is 83.9 Å². The minimum atomic E-state index is -0.300. The molecule has 2 amide bonds. The normalized spacial score (nSPS) is 11.0. The van der Waals surface area contributed by atoms with Gasteiger partial charge in [-0.05, 0) is 52.9 Å². The van der Waals surface area contributed by atoms with Crippen molar-refractivity contribution in [2.75, 3.05) is 11.9 Å². The second-order valence-corrected chi connectivity index (χ2v) is 9.29. The van der Waals surface area contributed by atoms with Gasteiger partial charge in [0.2, 0.25) is 0 Å². The molecule has 0 aliphatic carbocycles. The number of carbonyl (C=O) groups is 2. The molecule has 0 unspecified atom stereocenters. The number of amides is 2. The van der Waals surface area contributed by atoms with Crippen LogP contribution in [-0.4, -0.2) is 23.5 Å². The molecular weight excluding hydrogens is 448 g/mol. The maximum absolute atomic E-state index is 13.0. The standard InChI is InChI=1S/C31H34N2O3/c1-2-3-4-5-6-7-10-18-32-31(36)27-20-25-19-24(17-16-23(25)21-29(27)34)30(35)33-28-15-11-13-22-12-8-9-14-26(22)28/h8-9,11-17,19-21,34H,2-7,10,18H2,1H3,(H,32,36)(H,33,35). The van der Waals surface area contributed by atoms with E-state index >= 15 is 0 Å². The Bertz CT molecular complexity index is 1360. The first-order valence-electron chi connectivity index (χ1n) is 12.9. The number of anilines is 1. The molecule has 0 atom stereocenters. The highest BCUT2D eigenvalue weighted by molar-refractivity contribution is 6.11. The molecule has 4 aromatic rings. The first kappa shape index (κ1) is 25.2. The van der Waals surface area contributed by atoms with Gasteiger partial charge in [0, 0.05) is 23.2 Å². The highest BCUT2D eigenvalue weighted by Crippen LogP contribution is 2.27. The summed E-state index contributed by atoms with van der Waals surface area (Å²) in [6.07, 6.45) is 8.22. The zero-order valence-electron chi connectivity index (χ0n) is 20.8. The smallest absolute Gasteiger partial charge is 0.255 e. The monoisotopic (exact) mass is 482 g/mol. The van der Waals surface area contributed by atoms with Crippen LogP contribution < -0.4 is 10.6 Å². The van der Waals surface area contributed by atoms with Crippen LogP contribution in [0.25, 0.3) is 21.5 Å². The Morgan fingerprint density at radius 3 is 2.31 bits per heavy atom. The Balaban J connectivity index is 1.42. The number of benzene rings is 4. The third-order valence-electron chi connectivity index (χ3n) is 6.57. The molecule has 0 aliphatic heterocycles. The highest BCUT2D eigenvalue weighted by Gasteiger charge is 2.14. The van der Waals surface area contributed by atoms with Crippen molar-refractivity contribution in [1.82, 2.24) is 5.32 Å². The molecule has 0 aromatic heterocycles. The van der Waals surface area contributed by atoms with Crippen LogP contribution >= 0.6 is 0 Å². The molecule has 5 nitrogen and oxygen atoms in total. The minimum absolute atomic E-state index is 0.0625. The molecule has 0 bridgehead atoms. The molecule has 186 valence electrons. The number of fused-ring (bicyclic) bond motifs is 2. The Labute approximate surface area is 212 Å². The highest BCUT2D eigenvalue weighted by atomic mass is 16.3. The summed E-state index contributed by atoms with van der Waals surface area (Å²) >= 11 is 0. The van der Waals surface area contributed by atoms with Gasteiger partial charge in [0.05, 0.1) is 5.56 Å². The quantitative estimate of drug-likeness (QED) is 0.195. The fourth-order valence-corrected chi connectivity index (χ4v) is 4.52. The lowest BCUT2D eigenvalue weighted by molar-refractivity contribution is 0.0949. The average Bonchev–Trinajstić information content (AvgIpc) is 2.89. The number of rotatable bonds is 11. The molecule has 36 heavy (non-hydrogen) atoms. The number of phenolic OH excluding ortho intramolecular Hbond substituents is 1. The first-order chi connectivity index (χ1) is 17.6. The van der Waals surface area contributed by atoms with Gasteiger partial charge in [0.15, 0.2) is 0 Å². The summed E-state index contributed by atoms with van der Waals surface area (Å²) in [5.41, 5.74) is 1.45. The molecule has 0 saturated carbocycles. The lowest BCUT2D eigenvalue weighted by Gasteiger charge is -2.11. The van der Waals surface area contributed by atoms with Gasteiger partial charge in [-0.15, -0.1) is 0 Å². The summed E-state index contributed by atoms with van der Waals surface area (Å²) in [7, 11) is 0. The van der Waals surface area contributed by atoms with Crippen molar-refractivity contribution >= 4 is 39.0 Å². The molecule has 5 heteroatoms. The summed E-state index contributed by atoms with van der Waals surface area (Å²) < 4.78 is 0. The molecule has 4 aromatic carbocycles. The molecule has 3 N–H and O–H groups in total. The van der Waals surface area contributed by atoms with Crippen molar-refractivity contribution in [3.63, 3.8) is 0 Å². The van der Waals surface area contributed by atoms with Gasteiger partial charge >= 0.3 is 0 Å². The molecule has 0 saturated heterocycles. The number of unbranched alkanes of at least 4 members (excludes halogenated alkanes) is 6. The maximum atomic E-state index is 13.0. The third kappa shape index (κ3) is 6.22. The molecule has 0 spiro atoms. The van der Waals surface area contributed by atoms with Gasteiger partial charge in [0.1, 0.15) is 5.75 Å². The number of phenols is 1. The Kier molecular flexibility index (Phi) is 8.56. The van der Waals surface area contributed by atoms with Crippen molar-refractivity contribution in [2.45, 2.75) is 51.9 Å². The van der Waals surface area contributed by atoms with Gasteiger partial charge in [0.25, 0.3) is 11.8 Å². The second kappa shape index (κ2) is 12.2. The Morgan fingerprint density at radius 2 is 1.47 bits per heavy atom. The van der Waals surface area contributed by atoms with Gasteiger partial charge in [-0.3, -0.25) is 9.59 Å². The summed E-state index contributed by atoms with van der Waals surface area (Å²) in [6, 6.07) is 22.2. The minimum Gasteiger partial charge on any atom is -0.507 e. The lowest BCUT2D eigenvalue weighted by Crippen LogP contribution is -2.24. The summed E-state index contributed by atoms with van der Waals surface area (Å²) in [6.45, 7) is 2.79. The number of aromatic hydroxyl groups is 1. The van der Waals surface area contributed by atoms with E-state index in [1.165, 1.54) is 32.1 Å². The van der Waals surface area contributed by atoms with Crippen LogP contribution in [0.4, 0.5) is 5.69 Å². The van der Waals surface area contributed by atoms with E-state index in [1.807, 2.05) is 42.5 Å². The van der Waals surface area contributed by atoms with Gasteiger partial charge < -0.3 is 15.7 Å². The van der Waals surface area contributed by atoms with Crippen molar-refractivity contribution in [3.8, 4) is 5.75 Å². The zero-order chi connectivity index (χ0) is 25.3. The van der Waals surface area contributed by atoms with Crippen molar-refractivity contribution in [1.29, 1.82) is 0 Å². The van der Waals surface area contributed by atoms with Gasteiger partial charge in [-0.25, -0.2) is 0 Å². The largest absolute Gasteiger partial charge is 0.507 e. The summed E-state index contributed by atoms with van der Waals surface area (Å²) in [5.74, 6) is -0.593. The van der Waals surface area contributed by atoms with E-state index < -0.39 is 0 Å². The van der Waals surface area contributed by atoms with Crippen LogP contribution in [0, 0.1) is 0 Å². The fraction of sp³-hybridized carbons (Fsp3) is 0.290. The SMILES string of the molecule is CCCCCCCCCNC(=O)c1cc2cc(C(=O)Nc3cccc4ccccc34)ccc2cc1O. The van der Waals surface area contributed by atoms with Crippen LogP contribution in [0.5, 0.6) is 5.75 Å². The summed E-state index contributed by atoms with van der Waals surface area (Å²) in [5, 5.41) is 19.9. The van der Waals surface area contributed by atoms with Crippen LogP contribution in [0.2, 0.25) is 0 Å². The van der Waals surface area contributed by atoms with E-state index in [2.05, 4.69) is 17.6 Å². The van der Waals surface area contributed by atoms with E-state index in [4.69, 9.17) is 0 Å². The van der Waals surface area contributed by atoms with E-state index in [-0.39, 0.29) is 23.1 Å². The maximum Gasteiger partial charge on any atom is 0.255 e. The lowest BCUT2D eigenvalue weighted by atomic mass is 10.0. The number of hydrogen-bond acceptors (Lipinski definition) is 3. The Morgan fingerprint density at radius 1 is 0.722 bits per heavy atom. The number of nitrogens with one attached hydrogen (secondary N) is 2. The molecule has 0 fully saturated rings. The van der Waals surface area contributed by atoms with Gasteiger partial charge in [-0.1, -0.05) is 87.9 Å². The molecule has 0 aliphatic rings. The number of carbonyl (C=O) groups excluding carboxylic acids is 2. The predicted octanol–water partition coefficient (Wildman–Crippen LogP) is 7.43. The van der Waals surface area contributed by atoms with E-state index in [0.29, 0.717) is 12.1 Å². The third-order valence-corrected chi connectivity index (χ3v) is 6.57. The van der Waals surface area contributed by atoms with Crippen LogP contribution in [0.3, 0.4) is 0 Å². The van der Waals surface area contributed by atoms with E-state index in [0.717, 1.165) is 40.1 Å². The fourth-order valence-electron chi connectivity index (χ4n) is 4.52. The van der Waals surface area contributed by atoms with E-state index in [1.54, 1.807) is 30.3 Å². The first-order valence-corrected chi connectivity index (χ1v) is 12.9. The Hall–Kier alpha value is -3.86. The second-order valence-electron chi connectivity index (χ2n) is 9.29. The van der Waals surface area contributed by atoms with Gasteiger partial charge in [-0.2, -0.15) is 0 Å². The average molecular weight is 483 g/mol. The molecule has 4 rings (SSSR count). The molecule has 0 radical (unpaired) electrons.